The van der Waals surface area contributed by atoms with E-state index in [0.29, 0.717) is 36.6 Å². The van der Waals surface area contributed by atoms with Gasteiger partial charge in [-0.05, 0) is 62.8 Å². The number of rotatable bonds is 6. The van der Waals surface area contributed by atoms with Crippen molar-refractivity contribution >= 4 is 28.9 Å². The standard InChI is InChI=1S/C31H46N4O5/c1-29(2,3)20-16-22(19-10-12-30(4,5)13-11-19)33-23-17-24(40-26(20)23)27(37)35-15-14-34(18-31(35,6)7)25(36)9-8-21(32)28(38)39/h16-17,19,21H,8-15,18,32H2,1-7H3,(H,38,39)/t21-/m0/s1. The van der Waals surface area contributed by atoms with Gasteiger partial charge in [-0.15, -0.1) is 0 Å². The highest BCUT2D eigenvalue weighted by atomic mass is 16.4. The van der Waals surface area contributed by atoms with Gasteiger partial charge in [-0.2, -0.15) is 0 Å². The Morgan fingerprint density at radius 1 is 1.12 bits per heavy atom. The zero-order valence-corrected chi connectivity index (χ0v) is 25.2. The number of carboxylic acid groups (broad SMARTS) is 1. The van der Waals surface area contributed by atoms with Crippen LogP contribution >= 0.6 is 0 Å². The molecule has 1 aliphatic carbocycles. The van der Waals surface area contributed by atoms with E-state index in [9.17, 15) is 14.4 Å². The molecule has 0 aromatic carbocycles. The molecule has 40 heavy (non-hydrogen) atoms. The van der Waals surface area contributed by atoms with E-state index in [0.717, 1.165) is 29.6 Å². The molecule has 9 heteroatoms. The molecule has 2 aromatic rings. The number of amides is 2. The van der Waals surface area contributed by atoms with Gasteiger partial charge in [0.1, 0.15) is 11.6 Å². The molecule has 0 bridgehead atoms. The van der Waals surface area contributed by atoms with E-state index < -0.39 is 17.6 Å². The monoisotopic (exact) mass is 554 g/mol. The van der Waals surface area contributed by atoms with Crippen LogP contribution in [0.5, 0.6) is 0 Å². The van der Waals surface area contributed by atoms with E-state index in [1.807, 2.05) is 13.8 Å². The van der Waals surface area contributed by atoms with Crippen LogP contribution in [-0.2, 0) is 15.0 Å². The van der Waals surface area contributed by atoms with Crippen molar-refractivity contribution in [2.45, 2.75) is 110 Å². The van der Waals surface area contributed by atoms with Gasteiger partial charge in [0, 0.05) is 49.3 Å². The van der Waals surface area contributed by atoms with Crippen LogP contribution in [0.4, 0.5) is 0 Å². The summed E-state index contributed by atoms with van der Waals surface area (Å²) in [6.45, 7) is 16.0. The van der Waals surface area contributed by atoms with Gasteiger partial charge in [0.05, 0.1) is 5.54 Å². The van der Waals surface area contributed by atoms with E-state index in [1.165, 1.54) is 12.8 Å². The first-order chi connectivity index (χ1) is 18.5. The zero-order valence-electron chi connectivity index (χ0n) is 25.2. The lowest BCUT2D eigenvalue weighted by molar-refractivity contribution is -0.139. The molecule has 2 amide bonds. The van der Waals surface area contributed by atoms with E-state index in [1.54, 1.807) is 15.9 Å². The summed E-state index contributed by atoms with van der Waals surface area (Å²) in [4.78, 5) is 46.0. The van der Waals surface area contributed by atoms with Gasteiger partial charge in [-0.25, -0.2) is 4.98 Å². The lowest BCUT2D eigenvalue weighted by Gasteiger charge is -2.46. The highest BCUT2D eigenvalue weighted by Crippen LogP contribution is 2.43. The molecule has 9 nitrogen and oxygen atoms in total. The van der Waals surface area contributed by atoms with Crippen molar-refractivity contribution in [1.82, 2.24) is 14.8 Å². The third-order valence-electron chi connectivity index (χ3n) is 8.76. The molecule has 2 fully saturated rings. The number of carbonyl (C=O) groups is 3. The number of piperazine rings is 1. The quantitative estimate of drug-likeness (QED) is 0.510. The molecule has 1 saturated carbocycles. The molecule has 2 aromatic heterocycles. The minimum atomic E-state index is -1.12. The average molecular weight is 555 g/mol. The van der Waals surface area contributed by atoms with Gasteiger partial charge in [0.2, 0.25) is 5.91 Å². The summed E-state index contributed by atoms with van der Waals surface area (Å²) in [5.74, 6) is -0.826. The number of hydrogen-bond donors (Lipinski definition) is 2. The molecule has 220 valence electrons. The lowest BCUT2D eigenvalue weighted by atomic mass is 9.72. The number of hydrogen-bond acceptors (Lipinski definition) is 6. The van der Waals surface area contributed by atoms with Crippen LogP contribution in [0.3, 0.4) is 0 Å². The van der Waals surface area contributed by atoms with Crippen molar-refractivity contribution < 1.29 is 23.9 Å². The summed E-state index contributed by atoms with van der Waals surface area (Å²) in [6, 6.07) is 2.91. The topological polar surface area (TPSA) is 130 Å². The maximum atomic E-state index is 13.8. The van der Waals surface area contributed by atoms with E-state index in [4.69, 9.17) is 20.2 Å². The van der Waals surface area contributed by atoms with E-state index in [2.05, 4.69) is 40.7 Å². The van der Waals surface area contributed by atoms with Gasteiger partial charge >= 0.3 is 5.97 Å². The van der Waals surface area contributed by atoms with Crippen molar-refractivity contribution in [2.75, 3.05) is 19.6 Å². The van der Waals surface area contributed by atoms with Gasteiger partial charge in [-0.3, -0.25) is 14.4 Å². The van der Waals surface area contributed by atoms with Gasteiger partial charge in [-0.1, -0.05) is 34.6 Å². The lowest BCUT2D eigenvalue weighted by Crippen LogP contribution is -2.62. The molecule has 1 saturated heterocycles. The molecule has 4 rings (SSSR count). The van der Waals surface area contributed by atoms with Crippen LogP contribution in [-0.4, -0.2) is 68.9 Å². The van der Waals surface area contributed by atoms with Crippen LogP contribution < -0.4 is 5.73 Å². The largest absolute Gasteiger partial charge is 0.480 e. The second-order valence-corrected chi connectivity index (χ2v) is 14.2. The number of fused-ring (bicyclic) bond motifs is 1. The van der Waals surface area contributed by atoms with E-state index >= 15 is 0 Å². The van der Waals surface area contributed by atoms with Crippen LogP contribution in [0.2, 0.25) is 0 Å². The fraction of sp³-hybridized carbons (Fsp3) is 0.677. The Bertz CT molecular complexity index is 1280. The molecule has 1 aliphatic heterocycles. The van der Waals surface area contributed by atoms with Crippen molar-refractivity contribution in [3.8, 4) is 0 Å². The zero-order chi connectivity index (χ0) is 29.6. The van der Waals surface area contributed by atoms with Crippen molar-refractivity contribution in [3.63, 3.8) is 0 Å². The van der Waals surface area contributed by atoms with Crippen LogP contribution in [0, 0.1) is 5.41 Å². The van der Waals surface area contributed by atoms with Gasteiger partial charge < -0.3 is 25.1 Å². The minimum absolute atomic E-state index is 0.0587. The second-order valence-electron chi connectivity index (χ2n) is 14.2. The first-order valence-electron chi connectivity index (χ1n) is 14.5. The average Bonchev–Trinajstić information content (AvgIpc) is 3.29. The maximum Gasteiger partial charge on any atom is 0.320 e. The van der Waals surface area contributed by atoms with Crippen LogP contribution in [0.1, 0.15) is 115 Å². The Morgan fingerprint density at radius 2 is 1.77 bits per heavy atom. The molecule has 0 unspecified atom stereocenters. The summed E-state index contributed by atoms with van der Waals surface area (Å²) in [7, 11) is 0. The molecule has 0 radical (unpaired) electrons. The third-order valence-corrected chi connectivity index (χ3v) is 8.76. The number of nitrogens with two attached hydrogens (primary N) is 1. The Labute approximate surface area is 237 Å². The van der Waals surface area contributed by atoms with Gasteiger partial charge in [0.15, 0.2) is 11.3 Å². The number of pyridine rings is 1. The Morgan fingerprint density at radius 3 is 2.35 bits per heavy atom. The molecule has 3 N–H and O–H groups in total. The molecule has 2 aliphatic rings. The Hall–Kier alpha value is -2.94. The first kappa shape index (κ1) is 30.0. The third kappa shape index (κ3) is 6.35. The summed E-state index contributed by atoms with van der Waals surface area (Å²) in [5.41, 5.74) is 8.64. The second kappa shape index (κ2) is 10.8. The number of carbonyl (C=O) groups excluding carboxylic acids is 2. The highest BCUT2D eigenvalue weighted by Gasteiger charge is 2.40. The fourth-order valence-electron chi connectivity index (χ4n) is 6.05. The predicted octanol–water partition coefficient (Wildman–Crippen LogP) is 5.06. The predicted molar refractivity (Wildman–Crippen MR) is 154 cm³/mol. The van der Waals surface area contributed by atoms with Crippen LogP contribution in [0.25, 0.3) is 11.1 Å². The number of nitrogens with zero attached hydrogens (tertiary/aromatic N) is 3. The Balaban J connectivity index is 1.55. The smallest absolute Gasteiger partial charge is 0.320 e. The fourth-order valence-corrected chi connectivity index (χ4v) is 6.05. The van der Waals surface area contributed by atoms with Crippen molar-refractivity contribution in [3.05, 3.63) is 29.2 Å². The first-order valence-corrected chi connectivity index (χ1v) is 14.5. The van der Waals surface area contributed by atoms with Crippen molar-refractivity contribution in [2.24, 2.45) is 11.1 Å². The molecular formula is C31H46N4O5. The number of aliphatic carboxylic acids is 1. The molecule has 0 spiro atoms. The molecular weight excluding hydrogens is 508 g/mol. The van der Waals surface area contributed by atoms with E-state index in [-0.39, 0.29) is 35.8 Å². The summed E-state index contributed by atoms with van der Waals surface area (Å²) in [6.07, 6.45) is 4.70. The van der Waals surface area contributed by atoms with Crippen molar-refractivity contribution in [1.29, 1.82) is 0 Å². The summed E-state index contributed by atoms with van der Waals surface area (Å²) >= 11 is 0. The molecule has 3 heterocycles. The molecule has 1 atom stereocenters. The minimum Gasteiger partial charge on any atom is -0.480 e. The number of furan rings is 1. The maximum absolute atomic E-state index is 13.8. The van der Waals surface area contributed by atoms with Crippen LogP contribution in [0.15, 0.2) is 16.5 Å². The van der Waals surface area contributed by atoms with Gasteiger partial charge in [0.25, 0.3) is 5.91 Å². The summed E-state index contributed by atoms with van der Waals surface area (Å²) in [5, 5.41) is 9.00. The Kier molecular flexibility index (Phi) is 8.11. The number of carboxylic acids is 1. The SMILES string of the molecule is CC1(C)CCC(c2cc(C(C)(C)C)c3oc(C(=O)N4CCN(C(=O)CC[C@H](N)C(=O)O)CC4(C)C)cc3n2)CC1. The normalized spacial score (nSPS) is 20.5. The summed E-state index contributed by atoms with van der Waals surface area (Å²) < 4.78 is 6.27. The number of aromatic nitrogens is 1. The highest BCUT2D eigenvalue weighted by molar-refractivity contribution is 5.96.